The number of aromatic hydroxyl groups is 1. The maximum atomic E-state index is 13.0. The molecule has 0 saturated carbocycles. The third kappa shape index (κ3) is 3.38. The molecule has 2 N–H and O–H groups in total. The number of hydrogen-bond donors (Lipinski definition) is 2. The van der Waals surface area contributed by atoms with E-state index in [9.17, 15) is 14.7 Å². The predicted octanol–water partition coefficient (Wildman–Crippen LogP) is 2.47. The van der Waals surface area contributed by atoms with E-state index in [-0.39, 0.29) is 54.3 Å². The van der Waals surface area contributed by atoms with Crippen LogP contribution in [-0.4, -0.2) is 50.5 Å². The molecule has 1 amide bonds. The van der Waals surface area contributed by atoms with E-state index in [1.807, 2.05) is 12.1 Å². The molecule has 2 aliphatic heterocycles. The minimum Gasteiger partial charge on any atom is -0.502 e. The van der Waals surface area contributed by atoms with Gasteiger partial charge in [-0.05, 0) is 41.0 Å². The van der Waals surface area contributed by atoms with Crippen LogP contribution in [0.3, 0.4) is 0 Å². The zero-order valence-corrected chi connectivity index (χ0v) is 18.7. The van der Waals surface area contributed by atoms with Crippen molar-refractivity contribution in [3.05, 3.63) is 41.0 Å². The van der Waals surface area contributed by atoms with Gasteiger partial charge in [-0.2, -0.15) is 0 Å². The molecule has 5 rings (SSSR count). The van der Waals surface area contributed by atoms with Crippen molar-refractivity contribution in [3.63, 3.8) is 0 Å². The number of rotatable bonds is 5. The Bertz CT molecular complexity index is 1110. The third-order valence-electron chi connectivity index (χ3n) is 6.49. The fourth-order valence-corrected chi connectivity index (χ4v) is 5.13. The van der Waals surface area contributed by atoms with Crippen LogP contribution >= 0.6 is 11.6 Å². The van der Waals surface area contributed by atoms with Gasteiger partial charge in [0, 0.05) is 11.8 Å². The first-order chi connectivity index (χ1) is 16.0. The second kappa shape index (κ2) is 8.22. The maximum Gasteiger partial charge on any atom is 0.310 e. The van der Waals surface area contributed by atoms with Gasteiger partial charge in [0.1, 0.15) is 5.88 Å². The Kier molecular flexibility index (Phi) is 5.36. The molecule has 2 aromatic rings. The van der Waals surface area contributed by atoms with Crippen LogP contribution in [0.15, 0.2) is 24.3 Å². The summed E-state index contributed by atoms with van der Waals surface area (Å²) in [6, 6.07) is 6.51. The van der Waals surface area contributed by atoms with Crippen molar-refractivity contribution in [1.82, 2.24) is 5.32 Å². The number of phenols is 1. The van der Waals surface area contributed by atoms with Crippen LogP contribution in [0.25, 0.3) is 0 Å². The zero-order chi connectivity index (χ0) is 23.3. The van der Waals surface area contributed by atoms with Crippen molar-refractivity contribution in [2.45, 2.75) is 12.0 Å². The zero-order valence-electron chi connectivity index (χ0n) is 17.9. The molecule has 4 atom stereocenters. The van der Waals surface area contributed by atoms with Crippen molar-refractivity contribution in [3.8, 4) is 28.7 Å². The molecule has 1 fully saturated rings. The van der Waals surface area contributed by atoms with E-state index < -0.39 is 17.9 Å². The van der Waals surface area contributed by atoms with Crippen LogP contribution in [0, 0.1) is 11.8 Å². The first-order valence-electron chi connectivity index (χ1n) is 10.4. The lowest BCUT2D eigenvalue weighted by Crippen LogP contribution is -2.43. The van der Waals surface area contributed by atoms with Crippen LogP contribution in [-0.2, 0) is 14.3 Å². The van der Waals surface area contributed by atoms with Crippen LogP contribution in [0.2, 0.25) is 0 Å². The number of phenolic OH excluding ortho intramolecular Hbond substituents is 1. The average Bonchev–Trinajstić information content (AvgIpc) is 3.44. The minimum atomic E-state index is -0.600. The maximum absolute atomic E-state index is 13.0. The summed E-state index contributed by atoms with van der Waals surface area (Å²) in [5.41, 5.74) is 2.25. The highest BCUT2D eigenvalue weighted by Crippen LogP contribution is 2.55. The number of alkyl halides is 1. The van der Waals surface area contributed by atoms with Crippen molar-refractivity contribution in [2.24, 2.45) is 11.8 Å². The Morgan fingerprint density at radius 2 is 1.73 bits per heavy atom. The standard InChI is InChI=1S/C23H22ClNO8/c1-29-16-3-10(4-17(30-2)22(16)27)19-11-5-14-15(33-9-32-14)6-12(11)21(25-18(26)7-24)13-8-31-23(28)20(13)19/h3-6,13,19-21,27H,7-9H2,1-2H3,(H,25,26)/t13?,19-,20?,21-/m1/s1. The van der Waals surface area contributed by atoms with Gasteiger partial charge in [-0.1, -0.05) is 0 Å². The van der Waals surface area contributed by atoms with Crippen LogP contribution < -0.4 is 24.3 Å². The second-order valence-corrected chi connectivity index (χ2v) is 8.35. The summed E-state index contributed by atoms with van der Waals surface area (Å²) in [5.74, 6) is -0.946. The summed E-state index contributed by atoms with van der Waals surface area (Å²) in [6.45, 7) is 0.227. The molecule has 2 aromatic carbocycles. The summed E-state index contributed by atoms with van der Waals surface area (Å²) in [5, 5.41) is 13.3. The van der Waals surface area contributed by atoms with Crippen molar-refractivity contribution in [2.75, 3.05) is 33.5 Å². The molecule has 2 unspecified atom stereocenters. The molecule has 0 aromatic heterocycles. The Hall–Kier alpha value is -3.33. The molecule has 0 bridgehead atoms. The molecule has 1 saturated heterocycles. The lowest BCUT2D eigenvalue weighted by molar-refractivity contribution is -0.141. The first kappa shape index (κ1) is 21.5. The van der Waals surface area contributed by atoms with Gasteiger partial charge in [-0.3, -0.25) is 9.59 Å². The number of ether oxygens (including phenoxy) is 5. The summed E-state index contributed by atoms with van der Waals surface area (Å²) < 4.78 is 27.3. The largest absolute Gasteiger partial charge is 0.502 e. The van der Waals surface area contributed by atoms with Gasteiger partial charge in [0.15, 0.2) is 23.0 Å². The summed E-state index contributed by atoms with van der Waals surface area (Å²) in [4.78, 5) is 25.2. The Labute approximate surface area is 194 Å². The number of esters is 1. The number of carbonyl (C=O) groups is 2. The van der Waals surface area contributed by atoms with E-state index >= 15 is 0 Å². The van der Waals surface area contributed by atoms with Crippen molar-refractivity contribution in [1.29, 1.82) is 0 Å². The Morgan fingerprint density at radius 1 is 1.09 bits per heavy atom. The highest BCUT2D eigenvalue weighted by molar-refractivity contribution is 6.27. The van der Waals surface area contributed by atoms with Crippen LogP contribution in [0.5, 0.6) is 28.7 Å². The summed E-state index contributed by atoms with van der Waals surface area (Å²) in [7, 11) is 2.88. The molecule has 3 aliphatic rings. The van der Waals surface area contributed by atoms with Gasteiger partial charge in [-0.25, -0.2) is 0 Å². The van der Waals surface area contributed by atoms with Crippen LogP contribution in [0.4, 0.5) is 0 Å². The molecular formula is C23H22ClNO8. The molecule has 10 heteroatoms. The first-order valence-corrected chi connectivity index (χ1v) is 10.9. The lowest BCUT2D eigenvalue weighted by Gasteiger charge is -2.39. The second-order valence-electron chi connectivity index (χ2n) is 8.08. The molecule has 0 radical (unpaired) electrons. The van der Waals surface area contributed by atoms with E-state index in [4.69, 9.17) is 35.3 Å². The number of hydrogen-bond acceptors (Lipinski definition) is 8. The van der Waals surface area contributed by atoms with Gasteiger partial charge in [0.05, 0.1) is 32.8 Å². The van der Waals surface area contributed by atoms with Crippen molar-refractivity contribution >= 4 is 23.5 Å². The number of nitrogens with one attached hydrogen (secondary N) is 1. The quantitative estimate of drug-likeness (QED) is 0.501. The summed E-state index contributed by atoms with van der Waals surface area (Å²) >= 11 is 5.76. The average molecular weight is 476 g/mol. The highest BCUT2D eigenvalue weighted by Gasteiger charge is 2.53. The number of amides is 1. The van der Waals surface area contributed by atoms with E-state index in [1.54, 1.807) is 12.1 Å². The number of fused-ring (bicyclic) bond motifs is 3. The van der Waals surface area contributed by atoms with Crippen molar-refractivity contribution < 1.29 is 38.4 Å². The molecule has 1 aliphatic carbocycles. The molecule has 33 heavy (non-hydrogen) atoms. The predicted molar refractivity (Wildman–Crippen MR) is 115 cm³/mol. The number of benzene rings is 2. The number of carbonyl (C=O) groups excluding carboxylic acids is 2. The highest BCUT2D eigenvalue weighted by atomic mass is 35.5. The molecular weight excluding hydrogens is 454 g/mol. The van der Waals surface area contributed by atoms with Gasteiger partial charge >= 0.3 is 5.97 Å². The van der Waals surface area contributed by atoms with E-state index in [1.165, 1.54) is 14.2 Å². The molecule has 9 nitrogen and oxygen atoms in total. The molecule has 2 heterocycles. The molecule has 174 valence electrons. The van der Waals surface area contributed by atoms with E-state index in [0.29, 0.717) is 17.1 Å². The Balaban J connectivity index is 1.74. The minimum absolute atomic E-state index is 0.0807. The monoisotopic (exact) mass is 475 g/mol. The summed E-state index contributed by atoms with van der Waals surface area (Å²) in [6.07, 6.45) is 0. The smallest absolute Gasteiger partial charge is 0.310 e. The fraction of sp³-hybridized carbons (Fsp3) is 0.391. The number of methoxy groups -OCH3 is 2. The van der Waals surface area contributed by atoms with Gasteiger partial charge in [-0.15, -0.1) is 11.6 Å². The third-order valence-corrected chi connectivity index (χ3v) is 6.73. The Morgan fingerprint density at radius 3 is 2.33 bits per heavy atom. The van der Waals surface area contributed by atoms with Gasteiger partial charge in [0.2, 0.25) is 18.4 Å². The fourth-order valence-electron chi connectivity index (χ4n) is 5.05. The number of halogens is 1. The van der Waals surface area contributed by atoms with Gasteiger partial charge < -0.3 is 34.1 Å². The number of cyclic esters (lactones) is 1. The van der Waals surface area contributed by atoms with Gasteiger partial charge in [0.25, 0.3) is 0 Å². The normalized spacial score (nSPS) is 24.5. The SMILES string of the molecule is COc1cc([C@@H]2c3cc4c(cc3[C@@H](NC(=O)CCl)C3COC(=O)C32)OCO4)cc(OC)c1O. The van der Waals surface area contributed by atoms with E-state index in [0.717, 1.165) is 11.1 Å². The van der Waals surface area contributed by atoms with E-state index in [2.05, 4.69) is 5.32 Å². The topological polar surface area (TPSA) is 113 Å². The molecule has 0 spiro atoms. The lowest BCUT2D eigenvalue weighted by atomic mass is 9.65. The van der Waals surface area contributed by atoms with Crippen LogP contribution in [0.1, 0.15) is 28.7 Å².